The fourth-order valence-corrected chi connectivity index (χ4v) is 5.12. The van der Waals surface area contributed by atoms with E-state index in [4.69, 9.17) is 30.1 Å². The number of benzene rings is 5. The lowest BCUT2D eigenvalue weighted by Gasteiger charge is -2.25. The predicted molar refractivity (Wildman–Crippen MR) is 207 cm³/mol. The third kappa shape index (κ3) is 11.3. The summed E-state index contributed by atoms with van der Waals surface area (Å²) in [5.74, 6) is -1.61. The van der Waals surface area contributed by atoms with Crippen LogP contribution in [0.4, 0.5) is 11.4 Å². The number of hydrogen-bond acceptors (Lipinski definition) is 9. The average Bonchev–Trinajstić information content (AvgIpc) is 3.19. The Morgan fingerprint density at radius 3 is 1.43 bits per heavy atom. The van der Waals surface area contributed by atoms with Gasteiger partial charge < -0.3 is 44.5 Å². The molecule has 5 aromatic rings. The zero-order valence-corrected chi connectivity index (χ0v) is 30.4. The number of anilines is 2. The number of carboxylic acid groups (broad SMARTS) is 2. The second-order valence-corrected chi connectivity index (χ2v) is 13.0. The number of nitrogens with one attached hydrogen (secondary N) is 2. The summed E-state index contributed by atoms with van der Waals surface area (Å²) in [6.07, 6.45) is 7.06. The summed E-state index contributed by atoms with van der Waals surface area (Å²) in [6, 6.07) is 30.6. The molecule has 5 rings (SSSR count). The van der Waals surface area contributed by atoms with Gasteiger partial charge in [-0.1, -0.05) is 38.5 Å². The molecule has 0 heterocycles. The van der Waals surface area contributed by atoms with Gasteiger partial charge in [-0.25, -0.2) is 9.59 Å². The van der Waals surface area contributed by atoms with E-state index in [9.17, 15) is 29.4 Å². The lowest BCUT2D eigenvalue weighted by Crippen LogP contribution is -2.28. The molecule has 56 heavy (non-hydrogen) atoms. The summed E-state index contributed by atoms with van der Waals surface area (Å²) < 4.78 is 28.1. The molecule has 0 aliphatic rings. The van der Waals surface area contributed by atoms with E-state index in [1.807, 2.05) is 50.3 Å². The average molecular weight is 759 g/mol. The zero-order chi connectivity index (χ0) is 40.1. The van der Waals surface area contributed by atoms with Gasteiger partial charge in [0.05, 0.1) is 35.5 Å². The van der Waals surface area contributed by atoms with E-state index in [0.29, 0.717) is 41.0 Å². The maximum Gasteiger partial charge on any atom is 0.336 e. The van der Waals surface area contributed by atoms with Crippen molar-refractivity contribution in [1.82, 2.24) is 0 Å². The number of carbonyl (C=O) groups is 4. The van der Waals surface area contributed by atoms with Crippen molar-refractivity contribution in [2.45, 2.75) is 13.8 Å². The van der Waals surface area contributed by atoms with Gasteiger partial charge >= 0.3 is 11.9 Å². The van der Waals surface area contributed by atoms with Crippen LogP contribution in [0, 0.1) is 17.9 Å². The highest BCUT2D eigenvalue weighted by Gasteiger charge is 2.22. The van der Waals surface area contributed by atoms with E-state index < -0.39 is 29.2 Å². The molecule has 0 aliphatic heterocycles. The molecule has 5 aromatic carbocycles. The Bertz CT molecular complexity index is 2210. The van der Waals surface area contributed by atoms with Crippen LogP contribution in [0.1, 0.15) is 55.3 Å². The van der Waals surface area contributed by atoms with Crippen LogP contribution in [0.25, 0.3) is 0 Å². The normalized spacial score (nSPS) is 10.7. The van der Waals surface area contributed by atoms with Crippen molar-refractivity contribution in [2.24, 2.45) is 5.41 Å². The van der Waals surface area contributed by atoms with Crippen LogP contribution in [0.5, 0.6) is 28.7 Å². The Labute approximate surface area is 322 Å². The maximum atomic E-state index is 13.1. The van der Waals surface area contributed by atoms with E-state index >= 15 is 0 Å². The van der Waals surface area contributed by atoms with E-state index in [1.165, 1.54) is 36.4 Å². The predicted octanol–water partition coefficient (Wildman–Crippen LogP) is 7.50. The first kappa shape index (κ1) is 39.7. The van der Waals surface area contributed by atoms with E-state index in [-0.39, 0.29) is 47.8 Å². The number of para-hydroxylation sites is 1. The minimum absolute atomic E-state index is 0.0280. The van der Waals surface area contributed by atoms with Gasteiger partial charge in [0.2, 0.25) is 0 Å². The third-order valence-corrected chi connectivity index (χ3v) is 7.96. The number of ether oxygens (including phenoxy) is 5. The molecule has 4 N–H and O–H groups in total. The molecule has 0 atom stereocenters. The highest BCUT2D eigenvalue weighted by molar-refractivity contribution is 6.11. The fourth-order valence-electron chi connectivity index (χ4n) is 5.12. The van der Waals surface area contributed by atoms with Crippen molar-refractivity contribution in [3.63, 3.8) is 0 Å². The first-order valence-corrected chi connectivity index (χ1v) is 17.2. The third-order valence-electron chi connectivity index (χ3n) is 7.96. The lowest BCUT2D eigenvalue weighted by atomic mass is 9.96. The zero-order valence-electron chi connectivity index (χ0n) is 30.4. The van der Waals surface area contributed by atoms with Crippen molar-refractivity contribution in [3.8, 4) is 41.3 Å². The molecule has 0 bridgehead atoms. The quantitative estimate of drug-likeness (QED) is 0.0514. The van der Waals surface area contributed by atoms with Gasteiger partial charge in [-0.3, -0.25) is 9.59 Å². The number of hydrogen-bond donors (Lipinski definition) is 4. The Hall–Kier alpha value is -7.46. The van der Waals surface area contributed by atoms with Gasteiger partial charge in [-0.15, -0.1) is 0 Å². The molecule has 0 saturated heterocycles. The summed E-state index contributed by atoms with van der Waals surface area (Å²) in [5.41, 5.74) is -0.120. The monoisotopic (exact) mass is 758 g/mol. The molecule has 0 fully saturated rings. The molecule has 286 valence electrons. The summed E-state index contributed by atoms with van der Waals surface area (Å²) in [4.78, 5) is 49.6. The van der Waals surface area contributed by atoms with Gasteiger partial charge in [0, 0.05) is 16.8 Å². The van der Waals surface area contributed by atoms with Crippen LogP contribution in [-0.4, -0.2) is 60.4 Å². The van der Waals surface area contributed by atoms with Gasteiger partial charge in [-0.2, -0.15) is 0 Å². The van der Waals surface area contributed by atoms with E-state index in [1.54, 1.807) is 48.5 Å². The van der Waals surface area contributed by atoms with Crippen LogP contribution in [-0.2, 0) is 0 Å². The molecule has 0 aromatic heterocycles. The molecule has 0 spiro atoms. The first-order valence-electron chi connectivity index (χ1n) is 17.2. The molecule has 13 heteroatoms. The highest BCUT2D eigenvalue weighted by atomic mass is 16.5. The standard InChI is InChI=1S/C43H38N2O11/c1-4-52-33-18-20-35(37(24-33)41(48)49)39(46)44-28-10-14-31(15-11-28)55-26-43(2,3)27-56-32-16-12-29(13-17-32)45-40(47)36-21-19-34(25-38(36)42(50)51)54-23-22-53-30-8-6-5-7-9-30/h1,5-21,24-25H,22-23,26-27H2,2-3H3,(H,44,46)(H,45,47)(H,48,49)(H,50,51). The number of amides is 2. The number of rotatable bonds is 18. The topological polar surface area (TPSA) is 179 Å². The van der Waals surface area contributed by atoms with Gasteiger partial charge in [0.15, 0.2) is 0 Å². The summed E-state index contributed by atoms with van der Waals surface area (Å²) in [6.45, 7) is 4.94. The van der Waals surface area contributed by atoms with Crippen LogP contribution in [0.3, 0.4) is 0 Å². The van der Waals surface area contributed by atoms with Gasteiger partial charge in [0.25, 0.3) is 11.8 Å². The van der Waals surface area contributed by atoms with Crippen molar-refractivity contribution < 1.29 is 53.1 Å². The Morgan fingerprint density at radius 1 is 0.554 bits per heavy atom. The molecule has 2 amide bonds. The number of terminal acetylenes is 1. The lowest BCUT2D eigenvalue weighted by molar-refractivity contribution is 0.0683. The molecule has 0 radical (unpaired) electrons. The molecular formula is C43H38N2O11. The summed E-state index contributed by atoms with van der Waals surface area (Å²) in [5, 5.41) is 24.7. The number of carbonyl (C=O) groups excluding carboxylic acids is 2. The van der Waals surface area contributed by atoms with Crippen LogP contribution in [0.15, 0.2) is 115 Å². The van der Waals surface area contributed by atoms with Gasteiger partial charge in [-0.05, 0) is 97.1 Å². The highest BCUT2D eigenvalue weighted by Crippen LogP contribution is 2.26. The van der Waals surface area contributed by atoms with Gasteiger partial charge in [0.1, 0.15) is 48.1 Å². The Morgan fingerprint density at radius 2 is 0.964 bits per heavy atom. The van der Waals surface area contributed by atoms with E-state index in [0.717, 1.165) is 0 Å². The van der Waals surface area contributed by atoms with Crippen LogP contribution in [0.2, 0.25) is 0 Å². The smallest absolute Gasteiger partial charge is 0.336 e. The fraction of sp³-hybridized carbons (Fsp3) is 0.163. The van der Waals surface area contributed by atoms with Crippen molar-refractivity contribution >= 4 is 35.1 Å². The minimum Gasteiger partial charge on any atom is -0.493 e. The SMILES string of the molecule is C#COc1ccc(C(=O)Nc2ccc(OCC(C)(C)COc3ccc(NC(=O)c4ccc(OCCOc5ccccc5)cc4C(=O)O)cc3)cc2)c(C(=O)O)c1. The van der Waals surface area contributed by atoms with Crippen molar-refractivity contribution in [1.29, 1.82) is 0 Å². The largest absolute Gasteiger partial charge is 0.493 e. The Kier molecular flexibility index (Phi) is 13.2. The second-order valence-electron chi connectivity index (χ2n) is 13.0. The number of aromatic carboxylic acids is 2. The molecule has 0 saturated carbocycles. The summed E-state index contributed by atoms with van der Waals surface area (Å²) >= 11 is 0. The maximum absolute atomic E-state index is 13.1. The minimum atomic E-state index is -1.31. The van der Waals surface area contributed by atoms with Crippen molar-refractivity contribution in [2.75, 3.05) is 37.1 Å². The van der Waals surface area contributed by atoms with E-state index in [2.05, 4.69) is 10.6 Å². The molecule has 0 aliphatic carbocycles. The van der Waals surface area contributed by atoms with Crippen molar-refractivity contribution in [3.05, 3.63) is 138 Å². The summed E-state index contributed by atoms with van der Waals surface area (Å²) in [7, 11) is 0. The molecule has 0 unspecified atom stereocenters. The first-order chi connectivity index (χ1) is 26.9. The Balaban J connectivity index is 1.08. The van der Waals surface area contributed by atoms with Crippen LogP contribution >= 0.6 is 0 Å². The number of carboxylic acids is 2. The molecular weight excluding hydrogens is 720 g/mol. The van der Waals surface area contributed by atoms with Crippen LogP contribution < -0.4 is 34.3 Å². The second kappa shape index (κ2) is 18.5. The molecule has 13 nitrogen and oxygen atoms in total.